The Labute approximate surface area is 188 Å². The van der Waals surface area contributed by atoms with Crippen LogP contribution in [0.15, 0.2) is 71.3 Å². The van der Waals surface area contributed by atoms with E-state index in [9.17, 15) is 13.6 Å². The van der Waals surface area contributed by atoms with E-state index in [1.807, 2.05) is 13.0 Å². The van der Waals surface area contributed by atoms with E-state index in [0.717, 1.165) is 23.3 Å². The molecule has 1 heterocycles. The zero-order valence-corrected chi connectivity index (χ0v) is 17.5. The van der Waals surface area contributed by atoms with Crippen LogP contribution in [0.4, 0.5) is 31.9 Å². The van der Waals surface area contributed by atoms with Crippen molar-refractivity contribution in [3.05, 3.63) is 101 Å². The van der Waals surface area contributed by atoms with Crippen molar-refractivity contribution in [2.24, 2.45) is 0 Å². The molecule has 1 amide bonds. The van der Waals surface area contributed by atoms with E-state index in [1.165, 1.54) is 6.07 Å². The van der Waals surface area contributed by atoms with Gasteiger partial charge in [0.25, 0.3) is 6.01 Å². The highest BCUT2D eigenvalue weighted by Gasteiger charge is 2.12. The van der Waals surface area contributed by atoms with E-state index in [4.69, 9.17) is 11.0 Å². The summed E-state index contributed by atoms with van der Waals surface area (Å²) in [6.07, 6.45) is 1.35. The number of carbonyl (C=O) groups excluding carboxylic acids is 1. The molecule has 0 saturated carbocycles. The van der Waals surface area contributed by atoms with Gasteiger partial charge in [0, 0.05) is 23.0 Å². The first kappa shape index (κ1) is 21.7. The molecule has 6 nitrogen and oxygen atoms in total. The van der Waals surface area contributed by atoms with Crippen molar-refractivity contribution in [3.63, 3.8) is 0 Å². The number of oxazole rings is 1. The lowest BCUT2D eigenvalue weighted by Crippen LogP contribution is -2.15. The first-order valence-corrected chi connectivity index (χ1v) is 9.96. The van der Waals surface area contributed by atoms with E-state index in [2.05, 4.69) is 20.5 Å². The van der Waals surface area contributed by atoms with E-state index in [0.29, 0.717) is 22.8 Å². The normalized spacial score (nSPS) is 10.5. The smallest absolute Gasteiger partial charge is 0.299 e. The van der Waals surface area contributed by atoms with Gasteiger partial charge < -0.3 is 15.1 Å². The monoisotopic (exact) mass is 444 g/mol. The van der Waals surface area contributed by atoms with Gasteiger partial charge in [0.05, 0.1) is 19.2 Å². The number of rotatable bonds is 6. The molecule has 0 unspecified atom stereocenters. The van der Waals surface area contributed by atoms with Crippen LogP contribution in [-0.2, 0) is 11.2 Å². The summed E-state index contributed by atoms with van der Waals surface area (Å²) in [5, 5.41) is 5.80. The van der Waals surface area contributed by atoms with Crippen LogP contribution in [-0.4, -0.2) is 10.9 Å². The largest absolute Gasteiger partial charge is 0.423 e. The third-order valence-corrected chi connectivity index (χ3v) is 4.92. The van der Waals surface area contributed by atoms with Gasteiger partial charge >= 0.3 is 0 Å². The van der Waals surface area contributed by atoms with Crippen LogP contribution in [0.2, 0.25) is 0 Å². The number of aromatic nitrogens is 1. The summed E-state index contributed by atoms with van der Waals surface area (Å²) in [6.45, 7) is 8.91. The van der Waals surface area contributed by atoms with E-state index in [-0.39, 0.29) is 18.0 Å². The maximum absolute atomic E-state index is 13.8. The van der Waals surface area contributed by atoms with Gasteiger partial charge in [-0.15, -0.1) is 0 Å². The van der Waals surface area contributed by atoms with E-state index in [1.54, 1.807) is 42.6 Å². The van der Waals surface area contributed by atoms with Crippen LogP contribution >= 0.6 is 0 Å². The number of carbonyl (C=O) groups is 1. The third-order valence-electron chi connectivity index (χ3n) is 4.92. The minimum Gasteiger partial charge on any atom is -0.423 e. The fourth-order valence-electron chi connectivity index (χ4n) is 3.16. The summed E-state index contributed by atoms with van der Waals surface area (Å²) >= 11 is 0. The number of hydrogen-bond acceptors (Lipinski definition) is 4. The van der Waals surface area contributed by atoms with Crippen molar-refractivity contribution >= 4 is 29.0 Å². The second kappa shape index (κ2) is 9.32. The average molecular weight is 444 g/mol. The number of hydrogen-bond donors (Lipinski definition) is 2. The molecule has 0 spiro atoms. The highest BCUT2D eigenvalue weighted by Crippen LogP contribution is 2.28. The molecule has 2 N–H and O–H groups in total. The predicted octanol–water partition coefficient (Wildman–Crippen LogP) is 6.40. The van der Waals surface area contributed by atoms with Crippen LogP contribution in [0.1, 0.15) is 11.1 Å². The summed E-state index contributed by atoms with van der Waals surface area (Å²) in [6, 6.07) is 15.6. The summed E-state index contributed by atoms with van der Waals surface area (Å²) in [5.74, 6) is -1.35. The summed E-state index contributed by atoms with van der Waals surface area (Å²) in [7, 11) is 0. The minimum atomic E-state index is -0.764. The first-order valence-electron chi connectivity index (χ1n) is 9.96. The van der Waals surface area contributed by atoms with Crippen molar-refractivity contribution in [2.45, 2.75) is 13.3 Å². The Morgan fingerprint density at radius 2 is 1.88 bits per heavy atom. The van der Waals surface area contributed by atoms with Gasteiger partial charge in [0.2, 0.25) is 5.91 Å². The molecule has 3 aromatic carbocycles. The van der Waals surface area contributed by atoms with Gasteiger partial charge in [0.1, 0.15) is 11.6 Å². The van der Waals surface area contributed by atoms with E-state index < -0.39 is 17.5 Å². The first-order chi connectivity index (χ1) is 15.9. The summed E-state index contributed by atoms with van der Waals surface area (Å²) in [5.41, 5.74) is 3.48. The third kappa shape index (κ3) is 5.22. The highest BCUT2D eigenvalue weighted by atomic mass is 19.1. The fraction of sp³-hybridized carbons (Fsp3) is 0.0800. The molecule has 8 heteroatoms. The number of nitrogens with zero attached hydrogens (tertiary/aromatic N) is 2. The molecule has 0 aliphatic carbocycles. The topological polar surface area (TPSA) is 71.5 Å². The van der Waals surface area contributed by atoms with Crippen molar-refractivity contribution in [1.82, 2.24) is 4.98 Å². The van der Waals surface area contributed by atoms with Gasteiger partial charge in [-0.2, -0.15) is 0 Å². The zero-order valence-electron chi connectivity index (χ0n) is 17.5. The van der Waals surface area contributed by atoms with Gasteiger partial charge in [-0.05, 0) is 36.2 Å². The Hall–Kier alpha value is -4.51. The molecule has 4 aromatic rings. The second-order valence-electron chi connectivity index (χ2n) is 7.30. The molecule has 164 valence electrons. The Morgan fingerprint density at radius 1 is 1.09 bits per heavy atom. The SMILES string of the molecule is [C-]#[N+]c1ccc(-c2cnc(Nc3cc(NC(=O)Cc4ccc(F)cc4F)ccc3C)o2)cc1. The van der Waals surface area contributed by atoms with E-state index >= 15 is 0 Å². The van der Waals surface area contributed by atoms with Gasteiger partial charge in [-0.1, -0.05) is 36.4 Å². The van der Waals surface area contributed by atoms with Crippen LogP contribution < -0.4 is 10.6 Å². The predicted molar refractivity (Wildman–Crippen MR) is 121 cm³/mol. The van der Waals surface area contributed by atoms with Crippen molar-refractivity contribution in [1.29, 1.82) is 0 Å². The zero-order chi connectivity index (χ0) is 23.4. The molecule has 4 rings (SSSR count). The number of amides is 1. The van der Waals surface area contributed by atoms with Crippen LogP contribution in [0.5, 0.6) is 0 Å². The quantitative estimate of drug-likeness (QED) is 0.338. The molecule has 33 heavy (non-hydrogen) atoms. The van der Waals surface area contributed by atoms with Crippen LogP contribution in [0.25, 0.3) is 16.2 Å². The number of benzene rings is 3. The molecule has 1 aromatic heterocycles. The second-order valence-corrected chi connectivity index (χ2v) is 7.30. The van der Waals surface area contributed by atoms with Crippen molar-refractivity contribution in [2.75, 3.05) is 10.6 Å². The number of halogens is 2. The lowest BCUT2D eigenvalue weighted by Gasteiger charge is -2.11. The molecule has 0 fully saturated rings. The molecule has 0 aliphatic rings. The Bertz CT molecular complexity index is 1360. The van der Waals surface area contributed by atoms with Gasteiger partial charge in [-0.25, -0.2) is 18.6 Å². The number of aryl methyl sites for hydroxylation is 1. The molecule has 0 atom stereocenters. The van der Waals surface area contributed by atoms with Crippen molar-refractivity contribution in [3.8, 4) is 11.3 Å². The molecule has 0 bridgehead atoms. The van der Waals surface area contributed by atoms with Gasteiger partial charge in [0.15, 0.2) is 11.4 Å². The summed E-state index contributed by atoms with van der Waals surface area (Å²) < 4.78 is 32.6. The Morgan fingerprint density at radius 3 is 2.61 bits per heavy atom. The number of anilines is 3. The maximum Gasteiger partial charge on any atom is 0.299 e. The fourth-order valence-corrected chi connectivity index (χ4v) is 3.16. The van der Waals surface area contributed by atoms with Gasteiger partial charge in [-0.3, -0.25) is 4.79 Å². The lowest BCUT2D eigenvalue weighted by molar-refractivity contribution is -0.115. The minimum absolute atomic E-state index is 0.108. The molecule has 0 saturated heterocycles. The average Bonchev–Trinajstić information content (AvgIpc) is 3.26. The molecule has 0 radical (unpaired) electrons. The standard InChI is InChI=1S/C25H18F2N4O2/c1-15-3-8-20(30-24(32)11-17-4-7-18(26)12-21(17)27)13-22(15)31-25-29-14-23(33-25)16-5-9-19(28-2)10-6-16/h3-10,12-14H,11H2,1H3,(H,29,31)(H,30,32). The molecule has 0 aliphatic heterocycles. The molecular formula is C25H18F2N4O2. The molecular weight excluding hydrogens is 426 g/mol. The lowest BCUT2D eigenvalue weighted by atomic mass is 10.1. The van der Waals surface area contributed by atoms with Crippen LogP contribution in [0.3, 0.4) is 0 Å². The van der Waals surface area contributed by atoms with Crippen LogP contribution in [0, 0.1) is 25.1 Å². The Balaban J connectivity index is 1.45. The highest BCUT2D eigenvalue weighted by molar-refractivity contribution is 5.93. The summed E-state index contributed by atoms with van der Waals surface area (Å²) in [4.78, 5) is 19.9. The van der Waals surface area contributed by atoms with Crippen molar-refractivity contribution < 1.29 is 18.0 Å². The maximum atomic E-state index is 13.8. The Kier molecular flexibility index (Phi) is 6.13. The number of nitrogens with one attached hydrogen (secondary N) is 2.